The number of hydrogen-bond acceptors (Lipinski definition) is 3. The molecule has 1 aromatic rings. The summed E-state index contributed by atoms with van der Waals surface area (Å²) >= 11 is 0. The van der Waals surface area contributed by atoms with Gasteiger partial charge in [-0.2, -0.15) is 0 Å². The molecule has 0 aliphatic carbocycles. The number of hydrogen-bond donors (Lipinski definition) is 2. The number of unbranched alkanes of at least 4 members (excludes halogenated alkanes) is 8. The molecule has 0 bridgehead atoms. The summed E-state index contributed by atoms with van der Waals surface area (Å²) in [6, 6.07) is 9.34. The van der Waals surface area contributed by atoms with Crippen LogP contribution in [0.1, 0.15) is 105 Å². The van der Waals surface area contributed by atoms with Gasteiger partial charge in [-0.15, -0.1) is 0 Å². The monoisotopic (exact) mass is 440 g/mol. The molecule has 2 N–H and O–H groups in total. The second-order valence-corrected chi connectivity index (χ2v) is 13.7. The first-order chi connectivity index (χ1) is 14.2. The molecule has 4 heteroatoms. The zero-order chi connectivity index (χ0) is 22.3. The van der Waals surface area contributed by atoms with Gasteiger partial charge in [-0.05, 0) is 0 Å². The second-order valence-electron chi connectivity index (χ2n) is 10.1. The van der Waals surface area contributed by atoms with E-state index in [9.17, 15) is 9.79 Å². The molecule has 176 valence electrons. The Balaban J connectivity index is 2.46. The molecule has 0 aliphatic rings. The van der Waals surface area contributed by atoms with Crippen LogP contribution in [0.15, 0.2) is 30.3 Å². The van der Waals surface area contributed by atoms with E-state index in [2.05, 4.69) is 27.7 Å². The molecule has 0 amide bonds. The van der Waals surface area contributed by atoms with Crippen molar-refractivity contribution in [2.45, 2.75) is 105 Å². The summed E-state index contributed by atoms with van der Waals surface area (Å²) in [5.41, 5.74) is 0. The molecular weight excluding hydrogens is 391 g/mol. The summed E-state index contributed by atoms with van der Waals surface area (Å²) in [5, 5.41) is 0. The molecule has 0 atom stereocenters. The summed E-state index contributed by atoms with van der Waals surface area (Å²) in [7, 11) is -4.15. The molecule has 0 fully saturated rings. The zero-order valence-electron chi connectivity index (χ0n) is 20.2. The van der Waals surface area contributed by atoms with Crippen molar-refractivity contribution < 1.29 is 14.3 Å². The Morgan fingerprint density at radius 3 is 1.47 bits per heavy atom. The molecule has 0 spiro atoms. The third-order valence-electron chi connectivity index (χ3n) is 5.84. The van der Waals surface area contributed by atoms with Crippen LogP contribution in [0.4, 0.5) is 0 Å². The van der Waals surface area contributed by atoms with Crippen LogP contribution in [0.25, 0.3) is 0 Å². The van der Waals surface area contributed by atoms with Crippen LogP contribution in [0, 0.1) is 11.8 Å². The molecule has 0 aromatic heterocycles. The maximum atomic E-state index is 11.3. The summed E-state index contributed by atoms with van der Waals surface area (Å²) in [6.07, 6.45) is 14.4. The van der Waals surface area contributed by atoms with E-state index in [4.69, 9.17) is 4.52 Å². The van der Waals surface area contributed by atoms with E-state index in [0.717, 1.165) is 37.5 Å². The Morgan fingerprint density at radius 1 is 0.633 bits per heavy atom. The second kappa shape index (κ2) is 14.4. The molecule has 0 unspecified atom stereocenters. The Hall–Kier alpha value is -0.630. The van der Waals surface area contributed by atoms with Gasteiger partial charge in [-0.3, -0.25) is 0 Å². The summed E-state index contributed by atoms with van der Waals surface area (Å²) in [6.45, 7) is 9.08. The van der Waals surface area contributed by atoms with Gasteiger partial charge >= 0.3 is 187 Å². The molecule has 0 radical (unpaired) electrons. The van der Waals surface area contributed by atoms with Gasteiger partial charge in [-0.25, -0.2) is 0 Å². The van der Waals surface area contributed by atoms with Crippen LogP contribution in [0.3, 0.4) is 0 Å². The predicted octanol–water partition coefficient (Wildman–Crippen LogP) is 8.34. The summed E-state index contributed by atoms with van der Waals surface area (Å²) < 4.78 is 5.95. The van der Waals surface area contributed by atoms with Gasteiger partial charge in [0.25, 0.3) is 0 Å². The van der Waals surface area contributed by atoms with Crippen LogP contribution in [-0.2, 0) is 0 Å². The van der Waals surface area contributed by atoms with Crippen LogP contribution in [0.5, 0.6) is 5.75 Å². The van der Waals surface area contributed by atoms with Crippen LogP contribution >= 0.6 is 7.28 Å². The molecule has 0 saturated carbocycles. The Bertz CT molecular complexity index is 516. The van der Waals surface area contributed by atoms with Crippen LogP contribution in [0.2, 0.25) is 0 Å². The van der Waals surface area contributed by atoms with E-state index in [-0.39, 0.29) is 0 Å². The first-order valence-corrected chi connectivity index (χ1v) is 14.9. The van der Waals surface area contributed by atoms with Gasteiger partial charge in [0.15, 0.2) is 0 Å². The van der Waals surface area contributed by atoms with Crippen molar-refractivity contribution in [3.63, 3.8) is 0 Å². The fourth-order valence-electron chi connectivity index (χ4n) is 3.95. The van der Waals surface area contributed by atoms with E-state index in [1.165, 1.54) is 51.4 Å². The van der Waals surface area contributed by atoms with Crippen molar-refractivity contribution in [2.75, 3.05) is 12.3 Å². The average Bonchev–Trinajstić information content (AvgIpc) is 2.66. The van der Waals surface area contributed by atoms with Crippen LogP contribution in [-0.4, -0.2) is 22.1 Å². The number of para-hydroxylation sites is 1. The molecular formula is C26H49O3P. The van der Waals surface area contributed by atoms with Crippen molar-refractivity contribution in [3.05, 3.63) is 30.3 Å². The topological polar surface area (TPSA) is 49.7 Å². The van der Waals surface area contributed by atoms with E-state index >= 15 is 0 Å². The minimum atomic E-state index is -4.15. The van der Waals surface area contributed by atoms with Crippen molar-refractivity contribution in [1.29, 1.82) is 0 Å². The normalized spacial score (nSPS) is 13.5. The van der Waals surface area contributed by atoms with Gasteiger partial charge < -0.3 is 0 Å². The van der Waals surface area contributed by atoms with Crippen LogP contribution < -0.4 is 4.52 Å². The average molecular weight is 441 g/mol. The third kappa shape index (κ3) is 13.6. The van der Waals surface area contributed by atoms with Crippen molar-refractivity contribution >= 4 is 7.28 Å². The van der Waals surface area contributed by atoms with E-state index in [1.54, 1.807) is 0 Å². The molecule has 1 rings (SSSR count). The van der Waals surface area contributed by atoms with Crippen molar-refractivity contribution in [2.24, 2.45) is 11.8 Å². The van der Waals surface area contributed by atoms with Gasteiger partial charge in [0.05, 0.1) is 0 Å². The van der Waals surface area contributed by atoms with Gasteiger partial charge in [0, 0.05) is 0 Å². The third-order valence-corrected chi connectivity index (χ3v) is 8.90. The Kier molecular flexibility index (Phi) is 13.2. The predicted molar refractivity (Wildman–Crippen MR) is 133 cm³/mol. The maximum absolute atomic E-state index is 11.3. The molecule has 30 heavy (non-hydrogen) atoms. The Labute approximate surface area is 186 Å². The van der Waals surface area contributed by atoms with Gasteiger partial charge in [0.2, 0.25) is 0 Å². The number of benzene rings is 1. The molecule has 0 saturated heterocycles. The van der Waals surface area contributed by atoms with E-state index in [0.29, 0.717) is 18.1 Å². The molecule has 0 aliphatic heterocycles. The van der Waals surface area contributed by atoms with Gasteiger partial charge in [-0.1, -0.05) is 0 Å². The van der Waals surface area contributed by atoms with E-state index < -0.39 is 7.28 Å². The fraction of sp³-hybridized carbons (Fsp3) is 0.769. The molecule has 3 nitrogen and oxygen atoms in total. The summed E-state index contributed by atoms with van der Waals surface area (Å²) in [4.78, 5) is 22.7. The fourth-order valence-corrected chi connectivity index (χ4v) is 6.69. The quantitative estimate of drug-likeness (QED) is 0.178. The van der Waals surface area contributed by atoms with Crippen molar-refractivity contribution in [3.8, 4) is 5.75 Å². The minimum absolute atomic E-state index is 0.387. The number of rotatable bonds is 18. The standard InChI is InChI=1S/C26H49O3P/c1-24(2)18-12-7-5-9-16-22-30(27,28,29-26-20-14-11-15-21-26)23-17-10-6-8-13-19-25(3)4/h11,14-15,20-21,24-25,27-28H,5-10,12-13,16-19,22-23H2,1-4H3. The first kappa shape index (κ1) is 27.4. The SMILES string of the molecule is CC(C)CCCCCCCP(O)(O)(CCCCCCCC(C)C)Oc1ccccc1. The Morgan fingerprint density at radius 2 is 1.03 bits per heavy atom. The molecule has 0 heterocycles. The van der Waals surface area contributed by atoms with E-state index in [1.807, 2.05) is 30.3 Å². The van der Waals surface area contributed by atoms with Gasteiger partial charge in [0.1, 0.15) is 0 Å². The summed E-state index contributed by atoms with van der Waals surface area (Å²) in [5.74, 6) is 2.12. The molecule has 1 aromatic carbocycles. The first-order valence-electron chi connectivity index (χ1n) is 12.5. The van der Waals surface area contributed by atoms with Crippen molar-refractivity contribution in [1.82, 2.24) is 0 Å². The zero-order valence-corrected chi connectivity index (χ0v) is 21.1.